The maximum absolute atomic E-state index is 12.0. The van der Waals surface area contributed by atoms with Gasteiger partial charge in [-0.25, -0.2) is 0 Å². The minimum atomic E-state index is 0.243. The highest BCUT2D eigenvalue weighted by Crippen LogP contribution is 2.36. The second-order valence-electron chi connectivity index (χ2n) is 4.76. The second-order valence-corrected chi connectivity index (χ2v) is 4.76. The van der Waals surface area contributed by atoms with Crippen LogP contribution in [-0.2, 0) is 11.2 Å². The van der Waals surface area contributed by atoms with Gasteiger partial charge < -0.3 is 10.0 Å². The molecule has 3 nitrogen and oxygen atoms in total. The minimum absolute atomic E-state index is 0.243. The Balaban J connectivity index is 1.81. The molecule has 1 N–H and O–H groups in total. The summed E-state index contributed by atoms with van der Waals surface area (Å²) in [6, 6.07) is 5.27. The van der Waals surface area contributed by atoms with E-state index in [1.807, 2.05) is 11.0 Å². The summed E-state index contributed by atoms with van der Waals surface area (Å²) in [4.78, 5) is 13.9. The van der Waals surface area contributed by atoms with E-state index >= 15 is 0 Å². The molecule has 1 aliphatic heterocycles. The number of fused-ring (bicyclic) bond motifs is 1. The molecule has 0 saturated heterocycles. The first-order valence-electron chi connectivity index (χ1n) is 5.86. The zero-order chi connectivity index (χ0) is 11.1. The molecule has 84 valence electrons. The largest absolute Gasteiger partial charge is 0.508 e. The van der Waals surface area contributed by atoms with Crippen molar-refractivity contribution in [1.29, 1.82) is 0 Å². The van der Waals surface area contributed by atoms with Crippen LogP contribution in [0.15, 0.2) is 18.2 Å². The number of amides is 1. The monoisotopic (exact) mass is 217 g/mol. The Bertz CT molecular complexity index is 438. The summed E-state index contributed by atoms with van der Waals surface area (Å²) in [5.41, 5.74) is 2.08. The van der Waals surface area contributed by atoms with Gasteiger partial charge in [0.1, 0.15) is 5.75 Å². The van der Waals surface area contributed by atoms with Gasteiger partial charge in [-0.05, 0) is 48.9 Å². The molecule has 1 heterocycles. The van der Waals surface area contributed by atoms with Gasteiger partial charge in [-0.3, -0.25) is 4.79 Å². The average molecular weight is 217 g/mol. The quantitative estimate of drug-likeness (QED) is 0.824. The van der Waals surface area contributed by atoms with Crippen molar-refractivity contribution in [3.05, 3.63) is 23.8 Å². The Morgan fingerprint density at radius 3 is 3.00 bits per heavy atom. The van der Waals surface area contributed by atoms with Gasteiger partial charge in [0, 0.05) is 18.7 Å². The molecule has 0 aromatic heterocycles. The van der Waals surface area contributed by atoms with Gasteiger partial charge in [-0.1, -0.05) is 0 Å². The molecule has 0 unspecified atom stereocenters. The number of rotatable bonds is 2. The fourth-order valence-electron chi connectivity index (χ4n) is 2.33. The Labute approximate surface area is 94.7 Å². The molecular formula is C13H15NO2. The highest BCUT2D eigenvalue weighted by Gasteiger charge is 2.30. The lowest BCUT2D eigenvalue weighted by molar-refractivity contribution is -0.118. The summed E-state index contributed by atoms with van der Waals surface area (Å²) >= 11 is 0. The Morgan fingerprint density at radius 1 is 1.44 bits per heavy atom. The van der Waals surface area contributed by atoms with Crippen LogP contribution in [0.2, 0.25) is 0 Å². The Hall–Kier alpha value is -1.51. The number of benzene rings is 1. The van der Waals surface area contributed by atoms with Crippen LogP contribution in [0, 0.1) is 5.92 Å². The first kappa shape index (κ1) is 9.70. The SMILES string of the molecule is O=C(CC1CC1)N1CCc2cc(O)ccc21. The number of hydrogen-bond acceptors (Lipinski definition) is 2. The summed E-state index contributed by atoms with van der Waals surface area (Å²) in [5.74, 6) is 1.16. The second kappa shape index (κ2) is 3.51. The zero-order valence-electron chi connectivity index (χ0n) is 9.15. The molecule has 1 aromatic rings. The average Bonchev–Trinajstić information content (AvgIpc) is 2.96. The van der Waals surface area contributed by atoms with E-state index in [-0.39, 0.29) is 11.7 Å². The van der Waals surface area contributed by atoms with Crippen LogP contribution >= 0.6 is 0 Å². The summed E-state index contributed by atoms with van der Waals surface area (Å²) < 4.78 is 0. The standard InChI is InChI=1S/C13H15NO2/c15-11-3-4-12-10(8-11)5-6-14(12)13(16)7-9-1-2-9/h3-4,8-9,15H,1-2,5-7H2. The number of aromatic hydroxyl groups is 1. The first-order chi connectivity index (χ1) is 7.74. The van der Waals surface area contributed by atoms with E-state index < -0.39 is 0 Å². The van der Waals surface area contributed by atoms with Crippen molar-refractivity contribution >= 4 is 11.6 Å². The molecule has 1 amide bonds. The minimum Gasteiger partial charge on any atom is -0.508 e. The smallest absolute Gasteiger partial charge is 0.227 e. The lowest BCUT2D eigenvalue weighted by Gasteiger charge is -2.17. The fraction of sp³-hybridized carbons (Fsp3) is 0.462. The van der Waals surface area contributed by atoms with Crippen molar-refractivity contribution in [3.63, 3.8) is 0 Å². The van der Waals surface area contributed by atoms with Crippen molar-refractivity contribution in [1.82, 2.24) is 0 Å². The molecule has 3 heteroatoms. The predicted molar refractivity (Wildman–Crippen MR) is 61.5 cm³/mol. The molecule has 16 heavy (non-hydrogen) atoms. The van der Waals surface area contributed by atoms with Crippen LogP contribution in [0.3, 0.4) is 0 Å². The van der Waals surface area contributed by atoms with E-state index in [1.165, 1.54) is 12.8 Å². The molecule has 1 aromatic carbocycles. The van der Waals surface area contributed by atoms with Crippen LogP contribution in [0.4, 0.5) is 5.69 Å². The Kier molecular flexibility index (Phi) is 2.13. The first-order valence-corrected chi connectivity index (χ1v) is 5.86. The number of nitrogens with zero attached hydrogens (tertiary/aromatic N) is 1. The molecule has 1 fully saturated rings. The highest BCUT2D eigenvalue weighted by atomic mass is 16.3. The summed E-state index contributed by atoms with van der Waals surface area (Å²) in [7, 11) is 0. The number of phenolic OH excluding ortho intramolecular Hbond substituents is 1. The lowest BCUT2D eigenvalue weighted by atomic mass is 10.1. The molecular weight excluding hydrogens is 202 g/mol. The van der Waals surface area contributed by atoms with Crippen molar-refractivity contribution < 1.29 is 9.90 Å². The number of anilines is 1. The maximum Gasteiger partial charge on any atom is 0.227 e. The fourth-order valence-corrected chi connectivity index (χ4v) is 2.33. The van der Waals surface area contributed by atoms with Crippen LogP contribution in [0.1, 0.15) is 24.8 Å². The van der Waals surface area contributed by atoms with Gasteiger partial charge in [0.05, 0.1) is 0 Å². The van der Waals surface area contributed by atoms with Crippen LogP contribution in [0.5, 0.6) is 5.75 Å². The van der Waals surface area contributed by atoms with Gasteiger partial charge in [0.15, 0.2) is 0 Å². The summed E-state index contributed by atoms with van der Waals surface area (Å²) in [6.45, 7) is 0.768. The third kappa shape index (κ3) is 1.66. The third-order valence-electron chi connectivity index (χ3n) is 3.42. The van der Waals surface area contributed by atoms with Crippen molar-refractivity contribution in [2.24, 2.45) is 5.92 Å². The molecule has 0 spiro atoms. The molecule has 1 saturated carbocycles. The van der Waals surface area contributed by atoms with Gasteiger partial charge in [-0.15, -0.1) is 0 Å². The van der Waals surface area contributed by atoms with Crippen LogP contribution in [0.25, 0.3) is 0 Å². The highest BCUT2D eigenvalue weighted by molar-refractivity contribution is 5.95. The third-order valence-corrected chi connectivity index (χ3v) is 3.42. The normalized spacial score (nSPS) is 18.6. The number of carbonyl (C=O) groups is 1. The predicted octanol–water partition coefficient (Wildman–Crippen LogP) is 2.08. The van der Waals surface area contributed by atoms with Crippen molar-refractivity contribution in [2.75, 3.05) is 11.4 Å². The lowest BCUT2D eigenvalue weighted by Crippen LogP contribution is -2.28. The number of hydrogen-bond donors (Lipinski definition) is 1. The summed E-state index contributed by atoms with van der Waals surface area (Å²) in [5, 5.41) is 9.37. The van der Waals surface area contributed by atoms with Gasteiger partial charge in [0.25, 0.3) is 0 Å². The van der Waals surface area contributed by atoms with Crippen LogP contribution in [-0.4, -0.2) is 17.6 Å². The van der Waals surface area contributed by atoms with E-state index in [0.29, 0.717) is 12.3 Å². The van der Waals surface area contributed by atoms with E-state index in [2.05, 4.69) is 0 Å². The van der Waals surface area contributed by atoms with Crippen molar-refractivity contribution in [3.8, 4) is 5.75 Å². The Morgan fingerprint density at radius 2 is 2.25 bits per heavy atom. The van der Waals surface area contributed by atoms with Gasteiger partial charge in [-0.2, -0.15) is 0 Å². The maximum atomic E-state index is 12.0. The number of carbonyl (C=O) groups excluding carboxylic acids is 1. The number of phenols is 1. The van der Waals surface area contributed by atoms with Gasteiger partial charge in [0.2, 0.25) is 5.91 Å². The van der Waals surface area contributed by atoms with E-state index in [0.717, 1.165) is 24.2 Å². The van der Waals surface area contributed by atoms with E-state index in [1.54, 1.807) is 12.1 Å². The molecule has 0 radical (unpaired) electrons. The van der Waals surface area contributed by atoms with Crippen molar-refractivity contribution in [2.45, 2.75) is 25.7 Å². The van der Waals surface area contributed by atoms with E-state index in [4.69, 9.17) is 0 Å². The van der Waals surface area contributed by atoms with Crippen LogP contribution < -0.4 is 4.90 Å². The topological polar surface area (TPSA) is 40.5 Å². The summed E-state index contributed by atoms with van der Waals surface area (Å²) in [6.07, 6.45) is 3.98. The molecule has 3 rings (SSSR count). The molecule has 1 aliphatic carbocycles. The van der Waals surface area contributed by atoms with Gasteiger partial charge >= 0.3 is 0 Å². The van der Waals surface area contributed by atoms with E-state index in [9.17, 15) is 9.90 Å². The zero-order valence-corrected chi connectivity index (χ0v) is 9.15. The molecule has 0 bridgehead atoms. The molecule has 2 aliphatic rings. The molecule has 0 atom stereocenters.